The van der Waals surface area contributed by atoms with Crippen LogP contribution in [0.2, 0.25) is 5.02 Å². The molecule has 2 rings (SSSR count). The first-order chi connectivity index (χ1) is 9.63. The van der Waals surface area contributed by atoms with Gasteiger partial charge in [0.2, 0.25) is 0 Å². The second-order valence-electron chi connectivity index (χ2n) is 4.16. The lowest BCUT2D eigenvalue weighted by Crippen LogP contribution is -2.06. The number of aromatic nitrogens is 2. The van der Waals surface area contributed by atoms with E-state index >= 15 is 0 Å². The van der Waals surface area contributed by atoms with Crippen LogP contribution in [-0.2, 0) is 6.42 Å². The van der Waals surface area contributed by atoms with Crippen molar-refractivity contribution in [3.8, 4) is 0 Å². The van der Waals surface area contributed by atoms with Gasteiger partial charge in [0, 0.05) is 19.0 Å². The molecule has 1 heterocycles. The first-order valence-corrected chi connectivity index (χ1v) is 6.84. The molecular weight excluding hydrogens is 279 g/mol. The van der Waals surface area contributed by atoms with Crippen LogP contribution in [0.25, 0.3) is 0 Å². The van der Waals surface area contributed by atoms with Gasteiger partial charge in [-0.2, -0.15) is 0 Å². The molecule has 0 aliphatic rings. The Kier molecular flexibility index (Phi) is 4.74. The third-order valence-electron chi connectivity index (χ3n) is 2.66. The fraction of sp³-hybridized carbons (Fsp3) is 0.286. The molecule has 1 aromatic carbocycles. The molecule has 0 saturated heterocycles. The Bertz CT molecular complexity index is 604. The number of anilines is 3. The number of hydrogen-bond donors (Lipinski definition) is 2. The molecule has 0 amide bonds. The summed E-state index contributed by atoms with van der Waals surface area (Å²) in [5.74, 6) is 1.45. The topological polar surface area (TPSA) is 49.8 Å². The van der Waals surface area contributed by atoms with Gasteiger partial charge in [-0.05, 0) is 19.1 Å². The summed E-state index contributed by atoms with van der Waals surface area (Å²) >= 11 is 5.76. The standard InChI is InChI=1S/C14H16ClFN4/c1-3-11-19-12(17-4-2)8-13(20-11)18-10-7-5-6-9(15)14(10)16/h5-8H,3-4H2,1-2H3,(H2,17,18,19,20). The minimum atomic E-state index is -0.490. The van der Waals surface area contributed by atoms with E-state index in [1.54, 1.807) is 18.2 Å². The highest BCUT2D eigenvalue weighted by Crippen LogP contribution is 2.25. The van der Waals surface area contributed by atoms with Crippen LogP contribution in [0.5, 0.6) is 0 Å². The maximum absolute atomic E-state index is 13.9. The second kappa shape index (κ2) is 6.52. The Morgan fingerprint density at radius 1 is 1.20 bits per heavy atom. The predicted molar refractivity (Wildman–Crippen MR) is 80.3 cm³/mol. The summed E-state index contributed by atoms with van der Waals surface area (Å²) in [5.41, 5.74) is 0.292. The SMILES string of the molecule is CCNc1cc(Nc2cccc(Cl)c2F)nc(CC)n1. The van der Waals surface area contributed by atoms with Crippen LogP contribution in [0.3, 0.4) is 0 Å². The minimum Gasteiger partial charge on any atom is -0.370 e. The van der Waals surface area contributed by atoms with Gasteiger partial charge in [0.1, 0.15) is 17.5 Å². The van der Waals surface area contributed by atoms with Crippen LogP contribution < -0.4 is 10.6 Å². The molecule has 0 aliphatic heterocycles. The van der Waals surface area contributed by atoms with E-state index in [9.17, 15) is 4.39 Å². The highest BCUT2D eigenvalue weighted by atomic mass is 35.5. The highest BCUT2D eigenvalue weighted by Gasteiger charge is 2.08. The molecule has 0 fully saturated rings. The van der Waals surface area contributed by atoms with E-state index in [0.29, 0.717) is 29.6 Å². The normalized spacial score (nSPS) is 10.4. The molecule has 1 aromatic heterocycles. The smallest absolute Gasteiger partial charge is 0.165 e. The Hall–Kier alpha value is -1.88. The first kappa shape index (κ1) is 14.5. The lowest BCUT2D eigenvalue weighted by atomic mass is 10.3. The van der Waals surface area contributed by atoms with Gasteiger partial charge in [0.25, 0.3) is 0 Å². The van der Waals surface area contributed by atoms with E-state index in [1.165, 1.54) is 6.07 Å². The molecule has 0 saturated carbocycles. The zero-order chi connectivity index (χ0) is 14.5. The maximum Gasteiger partial charge on any atom is 0.165 e. The number of rotatable bonds is 5. The van der Waals surface area contributed by atoms with Crippen molar-refractivity contribution in [2.45, 2.75) is 20.3 Å². The third-order valence-corrected chi connectivity index (χ3v) is 2.95. The number of benzene rings is 1. The molecule has 0 spiro atoms. The maximum atomic E-state index is 13.9. The van der Waals surface area contributed by atoms with Crippen molar-refractivity contribution in [1.29, 1.82) is 0 Å². The molecule has 4 nitrogen and oxygen atoms in total. The Labute approximate surface area is 122 Å². The summed E-state index contributed by atoms with van der Waals surface area (Å²) in [4.78, 5) is 8.67. The van der Waals surface area contributed by atoms with Gasteiger partial charge in [-0.1, -0.05) is 24.6 Å². The summed E-state index contributed by atoms with van der Waals surface area (Å²) < 4.78 is 13.9. The number of halogens is 2. The van der Waals surface area contributed by atoms with Crippen molar-refractivity contribution >= 4 is 28.9 Å². The minimum absolute atomic E-state index is 0.0756. The quantitative estimate of drug-likeness (QED) is 0.875. The largest absolute Gasteiger partial charge is 0.370 e. The van der Waals surface area contributed by atoms with E-state index < -0.39 is 5.82 Å². The number of aryl methyl sites for hydroxylation is 1. The van der Waals surface area contributed by atoms with Crippen molar-refractivity contribution in [3.05, 3.63) is 40.9 Å². The van der Waals surface area contributed by atoms with Gasteiger partial charge in [-0.25, -0.2) is 14.4 Å². The van der Waals surface area contributed by atoms with Crippen molar-refractivity contribution in [2.75, 3.05) is 17.2 Å². The molecule has 0 unspecified atom stereocenters. The van der Waals surface area contributed by atoms with Crippen molar-refractivity contribution < 1.29 is 4.39 Å². The Morgan fingerprint density at radius 3 is 2.65 bits per heavy atom. The number of nitrogens with one attached hydrogen (secondary N) is 2. The lowest BCUT2D eigenvalue weighted by Gasteiger charge is -2.11. The van der Waals surface area contributed by atoms with Crippen molar-refractivity contribution in [1.82, 2.24) is 9.97 Å². The molecular formula is C14H16ClFN4. The average molecular weight is 295 g/mol. The Balaban J connectivity index is 2.32. The van der Waals surface area contributed by atoms with Gasteiger partial charge in [0.15, 0.2) is 5.82 Å². The number of hydrogen-bond acceptors (Lipinski definition) is 4. The van der Waals surface area contributed by atoms with Gasteiger partial charge >= 0.3 is 0 Å². The average Bonchev–Trinajstić information content (AvgIpc) is 2.44. The monoisotopic (exact) mass is 294 g/mol. The van der Waals surface area contributed by atoms with Crippen LogP contribution >= 0.6 is 11.6 Å². The third kappa shape index (κ3) is 3.36. The zero-order valence-electron chi connectivity index (χ0n) is 11.4. The van der Waals surface area contributed by atoms with Crippen LogP contribution in [0.1, 0.15) is 19.7 Å². The van der Waals surface area contributed by atoms with Gasteiger partial charge in [0.05, 0.1) is 10.7 Å². The molecule has 0 bridgehead atoms. The molecule has 6 heteroatoms. The van der Waals surface area contributed by atoms with Crippen molar-refractivity contribution in [3.63, 3.8) is 0 Å². The molecule has 20 heavy (non-hydrogen) atoms. The van der Waals surface area contributed by atoms with E-state index in [1.807, 2.05) is 13.8 Å². The summed E-state index contributed by atoms with van der Waals surface area (Å²) in [6, 6.07) is 6.54. The zero-order valence-corrected chi connectivity index (χ0v) is 12.1. The molecule has 0 radical (unpaired) electrons. The van der Waals surface area contributed by atoms with E-state index in [0.717, 1.165) is 6.54 Å². The van der Waals surface area contributed by atoms with Crippen LogP contribution in [0, 0.1) is 5.82 Å². The summed E-state index contributed by atoms with van der Waals surface area (Å²) in [6.45, 7) is 4.71. The fourth-order valence-corrected chi connectivity index (χ4v) is 1.90. The molecule has 2 N–H and O–H groups in total. The van der Waals surface area contributed by atoms with E-state index in [-0.39, 0.29) is 5.02 Å². The van der Waals surface area contributed by atoms with Crippen LogP contribution in [0.15, 0.2) is 24.3 Å². The Morgan fingerprint density at radius 2 is 1.95 bits per heavy atom. The molecule has 2 aromatic rings. The lowest BCUT2D eigenvalue weighted by molar-refractivity contribution is 0.632. The summed E-state index contributed by atoms with van der Waals surface area (Å²) in [5, 5.41) is 6.14. The van der Waals surface area contributed by atoms with Crippen LogP contribution in [-0.4, -0.2) is 16.5 Å². The van der Waals surface area contributed by atoms with E-state index in [4.69, 9.17) is 11.6 Å². The summed E-state index contributed by atoms with van der Waals surface area (Å²) in [7, 11) is 0. The van der Waals surface area contributed by atoms with Gasteiger partial charge in [-0.15, -0.1) is 0 Å². The highest BCUT2D eigenvalue weighted by molar-refractivity contribution is 6.31. The summed E-state index contributed by atoms with van der Waals surface area (Å²) in [6.07, 6.45) is 0.700. The second-order valence-corrected chi connectivity index (χ2v) is 4.57. The van der Waals surface area contributed by atoms with Gasteiger partial charge in [-0.3, -0.25) is 0 Å². The molecule has 0 atom stereocenters. The molecule has 0 aliphatic carbocycles. The number of nitrogens with zero attached hydrogens (tertiary/aromatic N) is 2. The predicted octanol–water partition coefficient (Wildman–Crippen LogP) is 4.01. The van der Waals surface area contributed by atoms with Crippen LogP contribution in [0.4, 0.5) is 21.7 Å². The van der Waals surface area contributed by atoms with E-state index in [2.05, 4.69) is 20.6 Å². The molecule has 106 valence electrons. The fourth-order valence-electron chi connectivity index (χ4n) is 1.73. The van der Waals surface area contributed by atoms with Crippen molar-refractivity contribution in [2.24, 2.45) is 0 Å². The first-order valence-electron chi connectivity index (χ1n) is 6.47. The van der Waals surface area contributed by atoms with Gasteiger partial charge < -0.3 is 10.6 Å².